The van der Waals surface area contributed by atoms with Crippen LogP contribution in [-0.2, 0) is 20.9 Å². The number of carboxylic acids is 1. The van der Waals surface area contributed by atoms with E-state index in [1.54, 1.807) is 0 Å². The van der Waals surface area contributed by atoms with E-state index in [2.05, 4.69) is 5.10 Å². The quantitative estimate of drug-likeness (QED) is 0.856. The second kappa shape index (κ2) is 5.31. The fourth-order valence-electron chi connectivity index (χ4n) is 1.55. The Kier molecular flexibility index (Phi) is 3.57. The van der Waals surface area contributed by atoms with Gasteiger partial charge in [0, 0.05) is 0 Å². The van der Waals surface area contributed by atoms with Crippen LogP contribution in [0.4, 0.5) is 0 Å². The van der Waals surface area contributed by atoms with Crippen molar-refractivity contribution in [3.63, 3.8) is 0 Å². The van der Waals surface area contributed by atoms with Gasteiger partial charge in [0.1, 0.15) is 6.42 Å². The molecule has 6 nitrogen and oxygen atoms in total. The van der Waals surface area contributed by atoms with E-state index in [-0.39, 0.29) is 18.2 Å². The molecule has 1 aliphatic heterocycles. The molecule has 0 fully saturated rings. The standard InChI is InChI=1S/C12H12N2O4/c15-11-6-10(18-8-12(16)17)13-14(11)7-9-4-2-1-3-5-9/h1-5H,6-8H2,(H,16,17). The highest BCUT2D eigenvalue weighted by Crippen LogP contribution is 2.13. The minimum absolute atomic E-state index is 0.0140. The summed E-state index contributed by atoms with van der Waals surface area (Å²) in [7, 11) is 0. The van der Waals surface area contributed by atoms with Crippen molar-refractivity contribution >= 4 is 17.8 Å². The van der Waals surface area contributed by atoms with E-state index in [4.69, 9.17) is 9.84 Å². The number of benzene rings is 1. The first-order valence-corrected chi connectivity index (χ1v) is 5.41. The van der Waals surface area contributed by atoms with Crippen LogP contribution in [0.25, 0.3) is 0 Å². The third kappa shape index (κ3) is 3.07. The van der Waals surface area contributed by atoms with Crippen LogP contribution in [0.5, 0.6) is 0 Å². The average molecular weight is 248 g/mol. The van der Waals surface area contributed by atoms with E-state index in [0.29, 0.717) is 6.54 Å². The number of rotatable bonds is 4. The number of hydrazone groups is 1. The summed E-state index contributed by atoms with van der Waals surface area (Å²) < 4.78 is 4.89. The van der Waals surface area contributed by atoms with Crippen LogP contribution in [0.2, 0.25) is 0 Å². The molecule has 0 unspecified atom stereocenters. The number of ether oxygens (including phenoxy) is 1. The lowest BCUT2D eigenvalue weighted by molar-refractivity contribution is -0.139. The number of hydrogen-bond donors (Lipinski definition) is 1. The van der Waals surface area contributed by atoms with E-state index in [1.165, 1.54) is 5.01 Å². The molecule has 0 bridgehead atoms. The summed E-state index contributed by atoms with van der Waals surface area (Å²) in [6.45, 7) is -0.120. The van der Waals surface area contributed by atoms with Gasteiger partial charge in [-0.05, 0) is 5.56 Å². The Morgan fingerprint density at radius 3 is 2.78 bits per heavy atom. The van der Waals surface area contributed by atoms with Crippen molar-refractivity contribution in [3.8, 4) is 0 Å². The van der Waals surface area contributed by atoms with Gasteiger partial charge in [0.25, 0.3) is 5.91 Å². The zero-order valence-electron chi connectivity index (χ0n) is 9.57. The van der Waals surface area contributed by atoms with Crippen LogP contribution in [0.1, 0.15) is 12.0 Å². The van der Waals surface area contributed by atoms with E-state index >= 15 is 0 Å². The summed E-state index contributed by atoms with van der Waals surface area (Å²) >= 11 is 0. The number of carbonyl (C=O) groups is 2. The van der Waals surface area contributed by atoms with Gasteiger partial charge in [-0.15, -0.1) is 5.10 Å². The summed E-state index contributed by atoms with van der Waals surface area (Å²) in [6.07, 6.45) is 0.0140. The van der Waals surface area contributed by atoms with Gasteiger partial charge in [-0.25, -0.2) is 9.80 Å². The van der Waals surface area contributed by atoms with Gasteiger partial charge in [-0.2, -0.15) is 0 Å². The smallest absolute Gasteiger partial charge is 0.341 e. The number of aliphatic carboxylic acids is 1. The molecular formula is C12H12N2O4. The molecule has 18 heavy (non-hydrogen) atoms. The lowest BCUT2D eigenvalue weighted by atomic mass is 10.2. The highest BCUT2D eigenvalue weighted by molar-refractivity contribution is 6.01. The number of carboxylic acid groups (broad SMARTS) is 1. The molecular weight excluding hydrogens is 236 g/mol. The summed E-state index contributed by atoms with van der Waals surface area (Å²) in [6, 6.07) is 9.42. The van der Waals surface area contributed by atoms with E-state index in [9.17, 15) is 9.59 Å². The van der Waals surface area contributed by atoms with Gasteiger partial charge in [0.05, 0.1) is 6.54 Å². The monoisotopic (exact) mass is 248 g/mol. The molecule has 0 atom stereocenters. The fourth-order valence-corrected chi connectivity index (χ4v) is 1.55. The topological polar surface area (TPSA) is 79.2 Å². The Hall–Kier alpha value is -2.37. The second-order valence-corrected chi connectivity index (χ2v) is 3.79. The summed E-state index contributed by atoms with van der Waals surface area (Å²) in [5, 5.41) is 13.7. The maximum Gasteiger partial charge on any atom is 0.341 e. The minimum Gasteiger partial charge on any atom is -0.479 e. The van der Waals surface area contributed by atoms with Crippen LogP contribution >= 0.6 is 0 Å². The first-order chi connectivity index (χ1) is 8.65. The zero-order chi connectivity index (χ0) is 13.0. The maximum absolute atomic E-state index is 11.6. The molecule has 1 amide bonds. The summed E-state index contributed by atoms with van der Waals surface area (Å²) in [4.78, 5) is 21.9. The van der Waals surface area contributed by atoms with Gasteiger partial charge in [0.2, 0.25) is 5.90 Å². The van der Waals surface area contributed by atoms with Gasteiger partial charge in [0.15, 0.2) is 6.61 Å². The van der Waals surface area contributed by atoms with Crippen molar-refractivity contribution in [3.05, 3.63) is 35.9 Å². The predicted octanol–water partition coefficient (Wildman–Crippen LogP) is 0.834. The number of carbonyl (C=O) groups excluding carboxylic acids is 1. The van der Waals surface area contributed by atoms with E-state index in [1.807, 2.05) is 30.3 Å². The number of hydrogen-bond acceptors (Lipinski definition) is 4. The lowest BCUT2D eigenvalue weighted by Crippen LogP contribution is -2.20. The number of amides is 1. The fraction of sp³-hybridized carbons (Fsp3) is 0.250. The Bertz CT molecular complexity index is 484. The first kappa shape index (κ1) is 12.1. The molecule has 1 N–H and O–H groups in total. The lowest BCUT2D eigenvalue weighted by Gasteiger charge is -2.10. The normalized spacial score (nSPS) is 14.6. The van der Waals surface area contributed by atoms with Gasteiger partial charge >= 0.3 is 5.97 Å². The molecule has 0 saturated heterocycles. The SMILES string of the molecule is O=C(O)COC1=NN(Cc2ccccc2)C(=O)C1. The molecule has 1 aromatic carbocycles. The van der Waals surface area contributed by atoms with Crippen LogP contribution in [0.3, 0.4) is 0 Å². The van der Waals surface area contributed by atoms with Crippen molar-refractivity contribution < 1.29 is 19.4 Å². The Morgan fingerprint density at radius 1 is 1.39 bits per heavy atom. The van der Waals surface area contributed by atoms with Crippen LogP contribution in [0, 0.1) is 0 Å². The molecule has 2 rings (SSSR count). The molecule has 6 heteroatoms. The highest BCUT2D eigenvalue weighted by atomic mass is 16.5. The molecule has 0 aliphatic carbocycles. The largest absolute Gasteiger partial charge is 0.479 e. The third-order valence-corrected chi connectivity index (χ3v) is 2.36. The van der Waals surface area contributed by atoms with Crippen molar-refractivity contribution in [1.29, 1.82) is 0 Å². The van der Waals surface area contributed by atoms with Gasteiger partial charge in [-0.1, -0.05) is 30.3 Å². The maximum atomic E-state index is 11.6. The minimum atomic E-state index is -1.09. The van der Waals surface area contributed by atoms with Crippen molar-refractivity contribution in [1.82, 2.24) is 5.01 Å². The average Bonchev–Trinajstić information content (AvgIpc) is 2.69. The van der Waals surface area contributed by atoms with E-state index in [0.717, 1.165) is 5.56 Å². The molecule has 1 aromatic rings. The summed E-state index contributed by atoms with van der Waals surface area (Å²) in [5.74, 6) is -1.13. The number of nitrogens with zero attached hydrogens (tertiary/aromatic N) is 2. The first-order valence-electron chi connectivity index (χ1n) is 5.41. The Balaban J connectivity index is 1.97. The second-order valence-electron chi connectivity index (χ2n) is 3.79. The summed E-state index contributed by atoms with van der Waals surface area (Å²) in [5.41, 5.74) is 0.953. The molecule has 0 saturated carbocycles. The third-order valence-electron chi connectivity index (χ3n) is 2.36. The molecule has 94 valence electrons. The van der Waals surface area contributed by atoms with Gasteiger partial charge in [-0.3, -0.25) is 4.79 Å². The zero-order valence-corrected chi connectivity index (χ0v) is 9.57. The van der Waals surface area contributed by atoms with Crippen LogP contribution in [0.15, 0.2) is 35.4 Å². The van der Waals surface area contributed by atoms with Gasteiger partial charge < -0.3 is 9.84 Å². The molecule has 1 aliphatic rings. The van der Waals surface area contributed by atoms with E-state index < -0.39 is 12.6 Å². The Labute approximate surface area is 103 Å². The van der Waals surface area contributed by atoms with Crippen molar-refractivity contribution in [2.24, 2.45) is 5.10 Å². The highest BCUT2D eigenvalue weighted by Gasteiger charge is 2.25. The molecule has 0 radical (unpaired) electrons. The van der Waals surface area contributed by atoms with Crippen molar-refractivity contribution in [2.75, 3.05) is 6.61 Å². The predicted molar refractivity (Wildman–Crippen MR) is 62.6 cm³/mol. The molecule has 0 aromatic heterocycles. The van der Waals surface area contributed by atoms with Crippen LogP contribution < -0.4 is 0 Å². The van der Waals surface area contributed by atoms with Crippen molar-refractivity contribution in [2.45, 2.75) is 13.0 Å². The molecule has 0 spiro atoms. The molecule has 1 heterocycles. The Morgan fingerprint density at radius 2 is 2.11 bits per heavy atom. The van der Waals surface area contributed by atoms with Crippen LogP contribution in [-0.4, -0.2) is 34.5 Å².